The van der Waals surface area contributed by atoms with Gasteiger partial charge in [-0.05, 0) is 63.5 Å². The van der Waals surface area contributed by atoms with Crippen LogP contribution in [0.2, 0.25) is 0 Å². The minimum Gasteiger partial charge on any atom is -0.598 e. The fourth-order valence-corrected chi connectivity index (χ4v) is 7.55. The highest BCUT2D eigenvalue weighted by Crippen LogP contribution is 2.52. The molecule has 4 rings (SSSR count). The number of unbranched alkanes of at least 4 members (excludes halogenated alkanes) is 1. The first-order valence-electron chi connectivity index (χ1n) is 15.3. The van der Waals surface area contributed by atoms with Crippen molar-refractivity contribution in [3.05, 3.63) is 47.8 Å². The molecule has 1 N–H and O–H groups in total. The fourth-order valence-electron chi connectivity index (χ4n) is 5.87. The van der Waals surface area contributed by atoms with Crippen molar-refractivity contribution in [2.75, 3.05) is 30.3 Å². The number of nitrogens with zero attached hydrogens (tertiary/aromatic N) is 3. The van der Waals surface area contributed by atoms with Crippen LogP contribution in [0.15, 0.2) is 41.7 Å². The van der Waals surface area contributed by atoms with E-state index in [-0.39, 0.29) is 22.2 Å². The van der Waals surface area contributed by atoms with E-state index in [1.165, 1.54) is 24.0 Å². The number of fused-ring (bicyclic) bond motifs is 1. The molecule has 1 spiro atoms. The number of esters is 1. The van der Waals surface area contributed by atoms with Gasteiger partial charge in [0.05, 0.1) is 31.5 Å². The molecule has 0 bridgehead atoms. The molecule has 2 aliphatic rings. The standard InChI is InChI=1S/C32H48N4O3S2/c1-6-8-11-24(7-2)23-39-29(37)14-19-40-28-22-33-27(21-34-28)36-17-15-32(16-18-36)20-25-12-9-10-13-26(25)30(32)35-41(38)31(3,4)5/h9-10,12-13,21-22,24,30,35H,6-8,11,14-20,23H2,1-5H3/t24?,30-,41?/m1/s1. The first-order valence-corrected chi connectivity index (χ1v) is 17.4. The zero-order chi connectivity index (χ0) is 29.5. The Hall–Kier alpha value is -1.81. The van der Waals surface area contributed by atoms with Crippen molar-refractivity contribution in [1.82, 2.24) is 14.7 Å². The van der Waals surface area contributed by atoms with Crippen LogP contribution in [-0.2, 0) is 27.3 Å². The number of aromatic nitrogens is 2. The van der Waals surface area contributed by atoms with E-state index >= 15 is 0 Å². The first kappa shape index (κ1) is 32.1. The zero-order valence-electron chi connectivity index (χ0n) is 25.5. The molecule has 0 saturated carbocycles. The van der Waals surface area contributed by atoms with Gasteiger partial charge in [-0.3, -0.25) is 4.79 Å². The quantitative estimate of drug-likeness (QED) is 0.155. The number of anilines is 1. The number of nitrogens with one attached hydrogen (secondary N) is 1. The van der Waals surface area contributed by atoms with E-state index in [2.05, 4.69) is 52.7 Å². The molecule has 1 fully saturated rings. The van der Waals surface area contributed by atoms with Crippen molar-refractivity contribution in [3.63, 3.8) is 0 Å². The summed E-state index contributed by atoms with van der Waals surface area (Å²) in [5, 5.41) is 0.824. The number of thioether (sulfide) groups is 1. The van der Waals surface area contributed by atoms with Crippen LogP contribution in [0.1, 0.15) is 96.7 Å². The first-order chi connectivity index (χ1) is 19.6. The predicted molar refractivity (Wildman–Crippen MR) is 169 cm³/mol. The molecule has 0 amide bonds. The number of carbonyl (C=O) groups is 1. The summed E-state index contributed by atoms with van der Waals surface area (Å²) in [6.07, 6.45) is 11.6. The monoisotopic (exact) mass is 600 g/mol. The van der Waals surface area contributed by atoms with Gasteiger partial charge in [-0.1, -0.05) is 57.4 Å². The molecular weight excluding hydrogens is 553 g/mol. The molecule has 3 atom stereocenters. The maximum absolute atomic E-state index is 13.1. The van der Waals surface area contributed by atoms with Crippen molar-refractivity contribution < 1.29 is 14.1 Å². The molecule has 1 aliphatic carbocycles. The van der Waals surface area contributed by atoms with Crippen LogP contribution in [0.25, 0.3) is 0 Å². The molecular formula is C32H48N4O3S2. The van der Waals surface area contributed by atoms with Crippen LogP contribution in [0.3, 0.4) is 0 Å². The summed E-state index contributed by atoms with van der Waals surface area (Å²) in [5.41, 5.74) is 2.72. The number of rotatable bonds is 13. The SMILES string of the molecule is CCCCC(CC)COC(=O)CCSc1cnc(N2CCC3(CC2)Cc2ccccc2[C@H]3N[S+]([O-])C(C)(C)C)cn1. The Kier molecular flexibility index (Phi) is 11.4. The molecule has 41 heavy (non-hydrogen) atoms. The highest BCUT2D eigenvalue weighted by molar-refractivity contribution is 7.99. The second-order valence-corrected chi connectivity index (χ2v) is 15.7. The summed E-state index contributed by atoms with van der Waals surface area (Å²) in [5.74, 6) is 1.86. The van der Waals surface area contributed by atoms with Gasteiger partial charge in [0.25, 0.3) is 0 Å². The average Bonchev–Trinajstić information content (AvgIpc) is 3.25. The zero-order valence-corrected chi connectivity index (χ0v) is 27.1. The highest BCUT2D eigenvalue weighted by atomic mass is 32.2. The van der Waals surface area contributed by atoms with E-state index in [1.54, 1.807) is 11.8 Å². The van der Waals surface area contributed by atoms with Crippen LogP contribution in [0, 0.1) is 11.3 Å². The smallest absolute Gasteiger partial charge is 0.306 e. The van der Waals surface area contributed by atoms with E-state index < -0.39 is 11.4 Å². The van der Waals surface area contributed by atoms with E-state index in [0.29, 0.717) is 24.7 Å². The second-order valence-electron chi connectivity index (χ2n) is 12.6. The van der Waals surface area contributed by atoms with Gasteiger partial charge in [0.15, 0.2) is 0 Å². The minimum absolute atomic E-state index is 0.0477. The molecule has 2 unspecified atom stereocenters. The van der Waals surface area contributed by atoms with Gasteiger partial charge in [0, 0.05) is 35.6 Å². The lowest BCUT2D eigenvalue weighted by Crippen LogP contribution is -2.49. The van der Waals surface area contributed by atoms with Crippen LogP contribution >= 0.6 is 11.8 Å². The summed E-state index contributed by atoms with van der Waals surface area (Å²) in [6.45, 7) is 12.7. The number of piperidine rings is 1. The average molecular weight is 601 g/mol. The molecule has 7 nitrogen and oxygen atoms in total. The maximum atomic E-state index is 13.1. The lowest BCUT2D eigenvalue weighted by Gasteiger charge is -2.44. The lowest BCUT2D eigenvalue weighted by molar-refractivity contribution is -0.144. The molecule has 2 heterocycles. The van der Waals surface area contributed by atoms with E-state index in [1.807, 2.05) is 33.2 Å². The van der Waals surface area contributed by atoms with Crippen molar-refractivity contribution in [2.24, 2.45) is 11.3 Å². The predicted octanol–water partition coefficient (Wildman–Crippen LogP) is 6.65. The van der Waals surface area contributed by atoms with Gasteiger partial charge in [-0.15, -0.1) is 16.5 Å². The van der Waals surface area contributed by atoms with Crippen molar-refractivity contribution in [3.8, 4) is 0 Å². The van der Waals surface area contributed by atoms with E-state index in [4.69, 9.17) is 9.72 Å². The minimum atomic E-state index is -1.14. The Balaban J connectivity index is 1.27. The summed E-state index contributed by atoms with van der Waals surface area (Å²) in [7, 11) is 0. The Morgan fingerprint density at radius 2 is 1.98 bits per heavy atom. The Morgan fingerprint density at radius 1 is 1.22 bits per heavy atom. The normalized spacial score (nSPS) is 19.7. The topological polar surface area (TPSA) is 90.4 Å². The number of carbonyl (C=O) groups excluding carboxylic acids is 1. The van der Waals surface area contributed by atoms with E-state index in [9.17, 15) is 9.35 Å². The maximum Gasteiger partial charge on any atom is 0.306 e. The van der Waals surface area contributed by atoms with Gasteiger partial charge >= 0.3 is 5.97 Å². The Bertz CT molecular complexity index is 1120. The van der Waals surface area contributed by atoms with Crippen LogP contribution in [0.4, 0.5) is 5.82 Å². The van der Waals surface area contributed by atoms with Crippen LogP contribution in [-0.4, -0.2) is 50.7 Å². The van der Waals surface area contributed by atoms with Crippen LogP contribution < -0.4 is 9.62 Å². The summed E-state index contributed by atoms with van der Waals surface area (Å²) >= 11 is 0.405. The van der Waals surface area contributed by atoms with Crippen molar-refractivity contribution in [2.45, 2.75) is 102 Å². The fraction of sp³-hybridized carbons (Fsp3) is 0.656. The van der Waals surface area contributed by atoms with E-state index in [0.717, 1.165) is 56.0 Å². The molecule has 9 heteroatoms. The molecule has 226 valence electrons. The molecule has 1 aliphatic heterocycles. The molecule has 1 aromatic heterocycles. The van der Waals surface area contributed by atoms with Gasteiger partial charge < -0.3 is 14.2 Å². The lowest BCUT2D eigenvalue weighted by atomic mass is 9.73. The largest absolute Gasteiger partial charge is 0.598 e. The second kappa shape index (κ2) is 14.6. The van der Waals surface area contributed by atoms with Gasteiger partial charge in [0.1, 0.15) is 15.6 Å². The molecule has 1 aromatic carbocycles. The number of ether oxygens (including phenoxy) is 1. The number of hydrogen-bond donors (Lipinski definition) is 1. The molecule has 2 aromatic rings. The van der Waals surface area contributed by atoms with Gasteiger partial charge in [0.2, 0.25) is 0 Å². The summed E-state index contributed by atoms with van der Waals surface area (Å²) < 4.78 is 21.9. The van der Waals surface area contributed by atoms with Crippen molar-refractivity contribution in [1.29, 1.82) is 0 Å². The highest BCUT2D eigenvalue weighted by Gasteiger charge is 2.50. The van der Waals surface area contributed by atoms with Crippen molar-refractivity contribution >= 4 is 34.9 Å². The third kappa shape index (κ3) is 8.39. The Morgan fingerprint density at radius 3 is 2.63 bits per heavy atom. The number of hydrogen-bond acceptors (Lipinski definition) is 8. The third-order valence-electron chi connectivity index (χ3n) is 8.58. The van der Waals surface area contributed by atoms with Gasteiger partial charge in [-0.25, -0.2) is 9.97 Å². The van der Waals surface area contributed by atoms with Gasteiger partial charge in [-0.2, -0.15) is 0 Å². The number of benzene rings is 1. The van der Waals surface area contributed by atoms with Crippen LogP contribution in [0.5, 0.6) is 0 Å². The summed E-state index contributed by atoms with van der Waals surface area (Å²) in [4.78, 5) is 23.9. The Labute approximate surface area is 254 Å². The third-order valence-corrected chi connectivity index (χ3v) is 11.1. The summed E-state index contributed by atoms with van der Waals surface area (Å²) in [6, 6.07) is 8.71. The molecule has 0 radical (unpaired) electrons. The molecule has 1 saturated heterocycles.